The molecule has 1 saturated carbocycles. The molecule has 158 valence electrons. The lowest BCUT2D eigenvalue weighted by molar-refractivity contribution is -0.126. The average Bonchev–Trinajstić information content (AvgIpc) is 3.16. The maximum absolute atomic E-state index is 12.6. The highest BCUT2D eigenvalue weighted by Crippen LogP contribution is 2.24. The summed E-state index contributed by atoms with van der Waals surface area (Å²) in [6.45, 7) is 1.58. The molecule has 6 nitrogen and oxygen atoms in total. The summed E-state index contributed by atoms with van der Waals surface area (Å²) >= 11 is 0. The van der Waals surface area contributed by atoms with Gasteiger partial charge in [0.1, 0.15) is 23.9 Å². The number of aromatic nitrogens is 2. The fourth-order valence-corrected chi connectivity index (χ4v) is 4.13. The monoisotopic (exact) mass is 407 g/mol. The smallest absolute Gasteiger partial charge is 0.223 e. The predicted octanol–water partition coefficient (Wildman–Crippen LogP) is 4.32. The van der Waals surface area contributed by atoms with Crippen molar-refractivity contribution in [1.82, 2.24) is 14.9 Å². The Morgan fingerprint density at radius 2 is 1.90 bits per heavy atom. The van der Waals surface area contributed by atoms with Gasteiger partial charge in [0.2, 0.25) is 5.91 Å². The van der Waals surface area contributed by atoms with Gasteiger partial charge in [-0.25, -0.2) is 4.98 Å². The Morgan fingerprint density at radius 3 is 2.73 bits per heavy atom. The fraction of sp³-hybridized carbons (Fsp3) is 0.417. The van der Waals surface area contributed by atoms with Crippen molar-refractivity contribution in [3.63, 3.8) is 0 Å². The van der Waals surface area contributed by atoms with E-state index in [0.29, 0.717) is 19.7 Å². The highest BCUT2D eigenvalue weighted by molar-refractivity contribution is 5.79. The van der Waals surface area contributed by atoms with Crippen molar-refractivity contribution in [2.45, 2.75) is 45.2 Å². The molecule has 0 spiro atoms. The first-order chi connectivity index (χ1) is 14.7. The van der Waals surface area contributed by atoms with E-state index in [0.717, 1.165) is 54.0 Å². The van der Waals surface area contributed by atoms with Crippen LogP contribution in [0.25, 0.3) is 11.0 Å². The summed E-state index contributed by atoms with van der Waals surface area (Å²) in [7, 11) is 1.64. The summed E-state index contributed by atoms with van der Waals surface area (Å²) < 4.78 is 13.3. The van der Waals surface area contributed by atoms with Crippen LogP contribution in [0.4, 0.5) is 0 Å². The van der Waals surface area contributed by atoms with Gasteiger partial charge in [-0.3, -0.25) is 4.79 Å². The van der Waals surface area contributed by atoms with Crippen LogP contribution in [0.15, 0.2) is 48.5 Å². The van der Waals surface area contributed by atoms with Crippen molar-refractivity contribution in [2.75, 3.05) is 13.7 Å². The molecule has 1 amide bonds. The van der Waals surface area contributed by atoms with Crippen LogP contribution in [0.1, 0.15) is 37.9 Å². The first-order valence-corrected chi connectivity index (χ1v) is 10.7. The summed E-state index contributed by atoms with van der Waals surface area (Å²) in [6, 6.07) is 15.6. The number of fused-ring (bicyclic) bond motifs is 1. The molecule has 1 aromatic heterocycles. The van der Waals surface area contributed by atoms with Gasteiger partial charge in [-0.05, 0) is 37.1 Å². The maximum Gasteiger partial charge on any atom is 0.223 e. The van der Waals surface area contributed by atoms with Crippen LogP contribution in [-0.4, -0.2) is 29.2 Å². The number of methoxy groups -OCH3 is 1. The summed E-state index contributed by atoms with van der Waals surface area (Å²) in [6.07, 6.45) is 5.54. The normalized spacial score (nSPS) is 14.6. The molecule has 4 rings (SSSR count). The van der Waals surface area contributed by atoms with Crippen LogP contribution in [0, 0.1) is 5.92 Å². The van der Waals surface area contributed by atoms with Crippen LogP contribution >= 0.6 is 0 Å². The molecule has 3 aromatic rings. The highest BCUT2D eigenvalue weighted by Gasteiger charge is 2.21. The van der Waals surface area contributed by atoms with Crippen molar-refractivity contribution >= 4 is 16.9 Å². The van der Waals surface area contributed by atoms with E-state index in [9.17, 15) is 4.79 Å². The zero-order valence-electron chi connectivity index (χ0n) is 17.5. The lowest BCUT2D eigenvalue weighted by atomic mass is 9.89. The molecule has 1 heterocycles. The molecule has 1 aliphatic rings. The summed E-state index contributed by atoms with van der Waals surface area (Å²) in [4.78, 5) is 17.3. The minimum absolute atomic E-state index is 0.146. The number of amides is 1. The number of rotatable bonds is 8. The van der Waals surface area contributed by atoms with Gasteiger partial charge < -0.3 is 19.4 Å². The van der Waals surface area contributed by atoms with Crippen molar-refractivity contribution in [2.24, 2.45) is 5.92 Å². The van der Waals surface area contributed by atoms with E-state index in [-0.39, 0.29) is 11.8 Å². The SMILES string of the molecule is COc1cccc(OCCn2c(CNC(=O)C3CCCCC3)nc3ccccc32)c1. The van der Waals surface area contributed by atoms with E-state index in [1.165, 1.54) is 6.42 Å². The van der Waals surface area contributed by atoms with Gasteiger partial charge >= 0.3 is 0 Å². The quantitative estimate of drug-likeness (QED) is 0.604. The number of imidazole rings is 1. The number of carbonyl (C=O) groups is 1. The minimum Gasteiger partial charge on any atom is -0.497 e. The van der Waals surface area contributed by atoms with E-state index in [1.807, 2.05) is 42.5 Å². The Balaban J connectivity index is 1.43. The van der Waals surface area contributed by atoms with E-state index < -0.39 is 0 Å². The first-order valence-electron chi connectivity index (χ1n) is 10.7. The van der Waals surface area contributed by atoms with Crippen molar-refractivity contribution in [3.8, 4) is 11.5 Å². The number of nitrogens with one attached hydrogen (secondary N) is 1. The van der Waals surface area contributed by atoms with Gasteiger partial charge in [0.25, 0.3) is 0 Å². The van der Waals surface area contributed by atoms with Crippen LogP contribution < -0.4 is 14.8 Å². The van der Waals surface area contributed by atoms with Crippen LogP contribution in [-0.2, 0) is 17.9 Å². The number of para-hydroxylation sites is 2. The molecule has 0 unspecified atom stereocenters. The zero-order chi connectivity index (χ0) is 20.8. The average molecular weight is 408 g/mol. The summed E-state index contributed by atoms with van der Waals surface area (Å²) in [5, 5.41) is 3.11. The lowest BCUT2D eigenvalue weighted by Gasteiger charge is -2.20. The number of benzene rings is 2. The standard InChI is InChI=1S/C24H29N3O3/c1-29-19-10-7-11-20(16-19)30-15-14-27-22-13-6-5-12-21(22)26-23(27)17-25-24(28)18-8-3-2-4-9-18/h5-7,10-13,16,18H,2-4,8-9,14-15,17H2,1H3,(H,25,28). The summed E-state index contributed by atoms with van der Waals surface area (Å²) in [5.74, 6) is 2.70. The second kappa shape index (κ2) is 9.65. The Hall–Kier alpha value is -3.02. The van der Waals surface area contributed by atoms with Gasteiger partial charge in [0.05, 0.1) is 31.2 Å². The molecule has 1 aliphatic carbocycles. The number of hydrogen-bond donors (Lipinski definition) is 1. The molecule has 0 atom stereocenters. The number of carbonyl (C=O) groups excluding carboxylic acids is 1. The molecule has 0 radical (unpaired) electrons. The molecule has 1 fully saturated rings. The third-order valence-electron chi connectivity index (χ3n) is 5.76. The maximum atomic E-state index is 12.6. The highest BCUT2D eigenvalue weighted by atomic mass is 16.5. The van der Waals surface area contributed by atoms with Gasteiger partial charge in [-0.2, -0.15) is 0 Å². The molecular formula is C24H29N3O3. The van der Waals surface area contributed by atoms with Gasteiger partial charge in [0.15, 0.2) is 0 Å². The third-order valence-corrected chi connectivity index (χ3v) is 5.76. The van der Waals surface area contributed by atoms with Gasteiger partial charge in [-0.15, -0.1) is 0 Å². The Kier molecular flexibility index (Phi) is 6.52. The number of nitrogens with zero attached hydrogens (tertiary/aromatic N) is 2. The van der Waals surface area contributed by atoms with E-state index in [2.05, 4.69) is 16.0 Å². The third kappa shape index (κ3) is 4.75. The van der Waals surface area contributed by atoms with Crippen molar-refractivity contribution in [1.29, 1.82) is 0 Å². The predicted molar refractivity (Wildman–Crippen MR) is 117 cm³/mol. The molecule has 0 bridgehead atoms. The van der Waals surface area contributed by atoms with Gasteiger partial charge in [0, 0.05) is 12.0 Å². The molecule has 0 saturated heterocycles. The first kappa shape index (κ1) is 20.3. The zero-order valence-corrected chi connectivity index (χ0v) is 17.5. The summed E-state index contributed by atoms with van der Waals surface area (Å²) in [5.41, 5.74) is 1.98. The van der Waals surface area contributed by atoms with Crippen LogP contribution in [0.3, 0.4) is 0 Å². The second-order valence-corrected chi connectivity index (χ2v) is 7.75. The minimum atomic E-state index is 0.146. The van der Waals surface area contributed by atoms with E-state index in [4.69, 9.17) is 14.5 Å². The number of ether oxygens (including phenoxy) is 2. The van der Waals surface area contributed by atoms with E-state index in [1.54, 1.807) is 7.11 Å². The van der Waals surface area contributed by atoms with Crippen molar-refractivity contribution in [3.05, 3.63) is 54.4 Å². The lowest BCUT2D eigenvalue weighted by Crippen LogP contribution is -2.32. The molecule has 30 heavy (non-hydrogen) atoms. The number of hydrogen-bond acceptors (Lipinski definition) is 4. The second-order valence-electron chi connectivity index (χ2n) is 7.75. The molecule has 0 aliphatic heterocycles. The Morgan fingerprint density at radius 1 is 1.10 bits per heavy atom. The topological polar surface area (TPSA) is 65.4 Å². The van der Waals surface area contributed by atoms with Crippen LogP contribution in [0.5, 0.6) is 11.5 Å². The van der Waals surface area contributed by atoms with E-state index >= 15 is 0 Å². The fourth-order valence-electron chi connectivity index (χ4n) is 4.13. The molecule has 2 aromatic carbocycles. The molecular weight excluding hydrogens is 378 g/mol. The molecule has 1 N–H and O–H groups in total. The van der Waals surface area contributed by atoms with Gasteiger partial charge in [-0.1, -0.05) is 37.5 Å². The molecule has 6 heteroatoms. The van der Waals surface area contributed by atoms with Crippen LogP contribution in [0.2, 0.25) is 0 Å². The Bertz CT molecular complexity index is 992. The largest absolute Gasteiger partial charge is 0.497 e. The Labute approximate surface area is 177 Å². The van der Waals surface area contributed by atoms with Crippen molar-refractivity contribution < 1.29 is 14.3 Å².